The number of nitro benzene ring substituents is 1. The summed E-state index contributed by atoms with van der Waals surface area (Å²) in [5, 5.41) is 11.6. The van der Waals surface area contributed by atoms with Gasteiger partial charge < -0.3 is 0 Å². The Morgan fingerprint density at radius 3 is 2.55 bits per heavy atom. The van der Waals surface area contributed by atoms with Crippen molar-refractivity contribution in [1.29, 1.82) is 0 Å². The number of carbonyl (C=O) groups excluding carboxylic acids is 1. The maximum absolute atomic E-state index is 12.6. The van der Waals surface area contributed by atoms with Crippen molar-refractivity contribution in [3.05, 3.63) is 74.4 Å². The molecule has 0 saturated heterocycles. The Kier molecular flexibility index (Phi) is 2.33. The van der Waals surface area contributed by atoms with E-state index in [9.17, 15) is 19.7 Å². The molecule has 1 aliphatic heterocycles. The minimum atomic E-state index is -0.540. The van der Waals surface area contributed by atoms with Gasteiger partial charge in [0.25, 0.3) is 11.6 Å². The first-order valence-electron chi connectivity index (χ1n) is 6.57. The summed E-state index contributed by atoms with van der Waals surface area (Å²) in [6.45, 7) is 0. The highest BCUT2D eigenvalue weighted by atomic mass is 16.6. The summed E-state index contributed by atoms with van der Waals surface area (Å²) in [5.74, 6) is -0.357. The second-order valence-corrected chi connectivity index (χ2v) is 5.01. The first-order chi connectivity index (χ1) is 10.6. The van der Waals surface area contributed by atoms with Gasteiger partial charge in [0.05, 0.1) is 27.3 Å². The molecule has 0 bridgehead atoms. The highest BCUT2D eigenvalue weighted by Crippen LogP contribution is 2.39. The molecular formula is C16H8N2O4. The topological polar surface area (TPSA) is 82.2 Å². The second-order valence-electron chi connectivity index (χ2n) is 5.01. The summed E-state index contributed by atoms with van der Waals surface area (Å²) in [5.41, 5.74) is 0.745. The Morgan fingerprint density at radius 2 is 1.77 bits per heavy atom. The van der Waals surface area contributed by atoms with Gasteiger partial charge in [-0.2, -0.15) is 0 Å². The molecule has 0 saturated carbocycles. The van der Waals surface area contributed by atoms with E-state index in [4.69, 9.17) is 0 Å². The molecule has 0 aliphatic carbocycles. The van der Waals surface area contributed by atoms with E-state index in [0.717, 1.165) is 0 Å². The fourth-order valence-electron chi connectivity index (χ4n) is 2.94. The summed E-state index contributed by atoms with van der Waals surface area (Å²) < 4.78 is 1.37. The van der Waals surface area contributed by atoms with Crippen molar-refractivity contribution in [1.82, 2.24) is 4.57 Å². The number of hydrogen-bond acceptors (Lipinski definition) is 4. The third kappa shape index (κ3) is 1.43. The van der Waals surface area contributed by atoms with Crippen LogP contribution in [0, 0.1) is 10.1 Å². The molecule has 6 nitrogen and oxygen atoms in total. The molecule has 2 heterocycles. The molecule has 1 aliphatic rings. The quantitative estimate of drug-likeness (QED) is 0.399. The molecular weight excluding hydrogens is 284 g/mol. The van der Waals surface area contributed by atoms with Crippen LogP contribution in [0.2, 0.25) is 0 Å². The molecule has 2 aromatic carbocycles. The van der Waals surface area contributed by atoms with Crippen molar-refractivity contribution in [2.24, 2.45) is 0 Å². The van der Waals surface area contributed by atoms with Crippen LogP contribution < -0.4 is 5.43 Å². The van der Waals surface area contributed by atoms with Gasteiger partial charge in [-0.15, -0.1) is 0 Å². The fourth-order valence-corrected chi connectivity index (χ4v) is 2.94. The predicted octanol–water partition coefficient (Wildman–Crippen LogP) is 2.58. The van der Waals surface area contributed by atoms with Crippen LogP contribution in [-0.2, 0) is 0 Å². The molecule has 0 spiro atoms. The molecule has 0 radical (unpaired) electrons. The normalized spacial score (nSPS) is 12.3. The molecule has 0 N–H and O–H groups in total. The Balaban J connectivity index is 2.22. The van der Waals surface area contributed by atoms with Crippen LogP contribution in [-0.4, -0.2) is 15.4 Å². The van der Waals surface area contributed by atoms with Gasteiger partial charge in [-0.3, -0.25) is 24.3 Å². The first kappa shape index (κ1) is 12.5. The Morgan fingerprint density at radius 1 is 1.00 bits per heavy atom. The van der Waals surface area contributed by atoms with Crippen LogP contribution >= 0.6 is 0 Å². The smallest absolute Gasteiger partial charge is 0.279 e. The standard InChI is InChI=1S/C16H8N2O4/c19-14-8-13-15-10(5-3-7-12(15)18(21)22)16(20)17(13)11-6-2-1-4-9(11)14/h1-8H. The highest BCUT2D eigenvalue weighted by Gasteiger charge is 2.33. The maximum atomic E-state index is 12.6. The largest absolute Gasteiger partial charge is 0.289 e. The Bertz CT molecular complexity index is 1050. The fraction of sp³-hybridized carbons (Fsp3) is 0. The van der Waals surface area contributed by atoms with Gasteiger partial charge >= 0.3 is 0 Å². The lowest BCUT2D eigenvalue weighted by Crippen LogP contribution is -2.13. The Hall–Kier alpha value is -3.28. The SMILES string of the molecule is O=C1c2cccc([N+](=O)[O-])c2-c2cc(=O)c3ccccc3n21. The van der Waals surface area contributed by atoms with Crippen molar-refractivity contribution in [3.63, 3.8) is 0 Å². The highest BCUT2D eigenvalue weighted by molar-refractivity contribution is 6.14. The van der Waals surface area contributed by atoms with E-state index in [-0.39, 0.29) is 33.8 Å². The molecule has 22 heavy (non-hydrogen) atoms. The monoisotopic (exact) mass is 292 g/mol. The van der Waals surface area contributed by atoms with Gasteiger partial charge in [0.15, 0.2) is 5.43 Å². The van der Waals surface area contributed by atoms with Crippen molar-refractivity contribution in [3.8, 4) is 11.3 Å². The Labute approximate surface area is 123 Å². The van der Waals surface area contributed by atoms with Crippen LogP contribution in [0.5, 0.6) is 0 Å². The van der Waals surface area contributed by atoms with E-state index >= 15 is 0 Å². The van der Waals surface area contributed by atoms with E-state index in [1.165, 1.54) is 28.8 Å². The number of para-hydroxylation sites is 1. The van der Waals surface area contributed by atoms with Gasteiger partial charge in [-0.05, 0) is 18.2 Å². The third-order valence-corrected chi connectivity index (χ3v) is 3.85. The van der Waals surface area contributed by atoms with Crippen LogP contribution in [0.3, 0.4) is 0 Å². The van der Waals surface area contributed by atoms with Gasteiger partial charge in [-0.1, -0.05) is 18.2 Å². The molecule has 3 aromatic rings. The van der Waals surface area contributed by atoms with Crippen LogP contribution in [0.15, 0.2) is 53.3 Å². The number of pyridine rings is 1. The minimum Gasteiger partial charge on any atom is -0.289 e. The van der Waals surface area contributed by atoms with Crippen molar-refractivity contribution in [2.75, 3.05) is 0 Å². The number of nitro groups is 1. The number of rotatable bonds is 1. The third-order valence-electron chi connectivity index (χ3n) is 3.85. The summed E-state index contributed by atoms with van der Waals surface area (Å²) in [7, 11) is 0. The van der Waals surface area contributed by atoms with Gasteiger partial charge in [0, 0.05) is 17.5 Å². The lowest BCUT2D eigenvalue weighted by molar-refractivity contribution is -0.384. The minimum absolute atomic E-state index is 0.174. The summed E-state index contributed by atoms with van der Waals surface area (Å²) in [6.07, 6.45) is 0. The van der Waals surface area contributed by atoms with E-state index in [1.807, 2.05) is 0 Å². The van der Waals surface area contributed by atoms with E-state index < -0.39 is 4.92 Å². The average molecular weight is 292 g/mol. The summed E-state index contributed by atoms with van der Waals surface area (Å²) in [6, 6.07) is 12.4. The lowest BCUT2D eigenvalue weighted by Gasteiger charge is -2.07. The van der Waals surface area contributed by atoms with Crippen LogP contribution in [0.1, 0.15) is 10.4 Å². The van der Waals surface area contributed by atoms with E-state index in [0.29, 0.717) is 10.9 Å². The zero-order chi connectivity index (χ0) is 15.4. The number of aromatic nitrogens is 1. The summed E-state index contributed by atoms with van der Waals surface area (Å²) >= 11 is 0. The van der Waals surface area contributed by atoms with Crippen molar-refractivity contribution >= 4 is 22.5 Å². The van der Waals surface area contributed by atoms with Gasteiger partial charge in [0.2, 0.25) is 0 Å². The molecule has 0 fully saturated rings. The zero-order valence-corrected chi connectivity index (χ0v) is 11.1. The first-order valence-corrected chi connectivity index (χ1v) is 6.57. The molecule has 4 rings (SSSR count). The van der Waals surface area contributed by atoms with Crippen molar-refractivity contribution < 1.29 is 9.72 Å². The number of carbonyl (C=O) groups is 1. The maximum Gasteiger partial charge on any atom is 0.279 e. The zero-order valence-electron chi connectivity index (χ0n) is 11.1. The van der Waals surface area contributed by atoms with Crippen LogP contribution in [0.4, 0.5) is 5.69 Å². The lowest BCUT2D eigenvalue weighted by atomic mass is 10.0. The van der Waals surface area contributed by atoms with E-state index in [2.05, 4.69) is 0 Å². The predicted molar refractivity (Wildman–Crippen MR) is 80.0 cm³/mol. The number of hydrogen-bond donors (Lipinski definition) is 0. The number of nitrogens with zero attached hydrogens (tertiary/aromatic N) is 2. The van der Waals surface area contributed by atoms with Crippen molar-refractivity contribution in [2.45, 2.75) is 0 Å². The average Bonchev–Trinajstić information content (AvgIpc) is 2.81. The number of benzene rings is 2. The molecule has 106 valence electrons. The summed E-state index contributed by atoms with van der Waals surface area (Å²) in [4.78, 5) is 35.6. The number of fused-ring (bicyclic) bond motifs is 5. The molecule has 0 amide bonds. The van der Waals surface area contributed by atoms with Gasteiger partial charge in [-0.25, -0.2) is 0 Å². The molecule has 0 unspecified atom stereocenters. The van der Waals surface area contributed by atoms with E-state index in [1.54, 1.807) is 24.3 Å². The molecule has 0 atom stereocenters. The molecule has 6 heteroatoms. The van der Waals surface area contributed by atoms with Crippen LogP contribution in [0.25, 0.3) is 22.2 Å². The molecule has 1 aromatic heterocycles. The second kappa shape index (κ2) is 4.11. The van der Waals surface area contributed by atoms with Gasteiger partial charge in [0.1, 0.15) is 0 Å².